The molecule has 0 saturated carbocycles. The van der Waals surface area contributed by atoms with Crippen molar-refractivity contribution < 1.29 is 15.5 Å². The molecule has 0 radical (unpaired) electrons. The second-order valence-corrected chi connectivity index (χ2v) is 3.96. The van der Waals surface area contributed by atoms with E-state index >= 15 is 0 Å². The van der Waals surface area contributed by atoms with E-state index in [1.807, 2.05) is 0 Å². The summed E-state index contributed by atoms with van der Waals surface area (Å²) in [5, 5.41) is 0. The Morgan fingerprint density at radius 1 is 1.36 bits per heavy atom. The minimum Gasteiger partial charge on any atom is -1.00 e. The maximum absolute atomic E-state index is 11.3. The summed E-state index contributed by atoms with van der Waals surface area (Å²) in [5.41, 5.74) is 0. The van der Waals surface area contributed by atoms with Crippen LogP contribution in [0.3, 0.4) is 0 Å². The zero-order chi connectivity index (χ0) is 9.73. The predicted octanol–water partition coefficient (Wildman–Crippen LogP) is 1.42. The van der Waals surface area contributed by atoms with Crippen molar-refractivity contribution in [2.45, 2.75) is 4.90 Å². The molecule has 0 heterocycles. The number of hydrogen-bond donors (Lipinski definition) is 0. The summed E-state index contributed by atoms with van der Waals surface area (Å²) < 4.78 is 27.3. The third-order valence-corrected chi connectivity index (χ3v) is 2.67. The summed E-state index contributed by atoms with van der Waals surface area (Å²) in [4.78, 5) is 0.164. The second-order valence-electron chi connectivity index (χ2n) is 2.34. The Morgan fingerprint density at radius 3 is 2.43 bits per heavy atom. The van der Waals surface area contributed by atoms with Gasteiger partial charge < -0.3 is 2.85 Å². The van der Waals surface area contributed by atoms with Gasteiger partial charge in [-0.05, 0) is 12.1 Å². The van der Waals surface area contributed by atoms with E-state index in [2.05, 4.69) is 10.8 Å². The molecule has 1 aromatic carbocycles. The van der Waals surface area contributed by atoms with Gasteiger partial charge in [0, 0.05) is 0 Å². The normalized spacial score (nSPS) is 10.3. The van der Waals surface area contributed by atoms with Crippen molar-refractivity contribution in [2.75, 3.05) is 6.61 Å². The van der Waals surface area contributed by atoms with E-state index in [4.69, 9.17) is 0 Å². The smallest absolute Gasteiger partial charge is 1.00 e. The Labute approximate surface area is 117 Å². The minimum atomic E-state index is -3.59. The monoisotopic (exact) mass is 240 g/mol. The third-order valence-electron chi connectivity index (χ3n) is 1.37. The third kappa shape index (κ3) is 4.11. The summed E-state index contributed by atoms with van der Waals surface area (Å²) in [6.45, 7) is 3.37. The summed E-state index contributed by atoms with van der Waals surface area (Å²) in [6.07, 6.45) is 1.39. The van der Waals surface area contributed by atoms with Crippen molar-refractivity contribution in [3.63, 3.8) is 0 Å². The van der Waals surface area contributed by atoms with Gasteiger partial charge in [-0.25, -0.2) is 0 Å². The van der Waals surface area contributed by atoms with E-state index in [1.54, 1.807) is 18.2 Å². The molecule has 1 rings (SSSR count). The number of benzene rings is 1. The van der Waals surface area contributed by atoms with E-state index in [1.165, 1.54) is 18.2 Å². The fraction of sp³-hybridized carbons (Fsp3) is 0.111. The summed E-state index contributed by atoms with van der Waals surface area (Å²) >= 11 is 0. The number of hydrogen-bond acceptors (Lipinski definition) is 3. The molecule has 74 valence electrons. The van der Waals surface area contributed by atoms with Crippen LogP contribution in [0.2, 0.25) is 0 Å². The van der Waals surface area contributed by atoms with Gasteiger partial charge in [0.15, 0.2) is 0 Å². The van der Waals surface area contributed by atoms with E-state index in [-0.39, 0.29) is 52.1 Å². The molecule has 0 N–H and O–H groups in total. The standard InChI is InChI=1S/C9H10O3S.Ca.2H/c1-2-8-12-13(10,11)9-6-4-3-5-7-9;;;/h2-7H,1,8H2;;;/q;+2;2*-1. The Kier molecular flexibility index (Phi) is 6.64. The number of rotatable bonds is 4. The van der Waals surface area contributed by atoms with Crippen molar-refractivity contribution in [1.82, 2.24) is 0 Å². The van der Waals surface area contributed by atoms with Gasteiger partial charge in [-0.1, -0.05) is 24.3 Å². The molecule has 0 amide bonds. The van der Waals surface area contributed by atoms with Gasteiger partial charge in [0.2, 0.25) is 0 Å². The van der Waals surface area contributed by atoms with Crippen LogP contribution >= 0.6 is 0 Å². The van der Waals surface area contributed by atoms with Gasteiger partial charge in [0.25, 0.3) is 10.1 Å². The van der Waals surface area contributed by atoms with Crippen LogP contribution in [-0.4, -0.2) is 52.8 Å². The molecule has 0 unspecified atom stereocenters. The molecule has 0 spiro atoms. The molecule has 0 aliphatic carbocycles. The van der Waals surface area contributed by atoms with Crippen molar-refractivity contribution in [3.05, 3.63) is 43.0 Å². The second kappa shape index (κ2) is 6.58. The largest absolute Gasteiger partial charge is 2.00 e. The molecule has 0 bridgehead atoms. The summed E-state index contributed by atoms with van der Waals surface area (Å²) in [6, 6.07) is 8.00. The maximum atomic E-state index is 11.3. The van der Waals surface area contributed by atoms with Crippen LogP contribution in [-0.2, 0) is 14.3 Å². The average Bonchev–Trinajstić information content (AvgIpc) is 2.16. The van der Waals surface area contributed by atoms with Crippen molar-refractivity contribution in [3.8, 4) is 0 Å². The van der Waals surface area contributed by atoms with Crippen molar-refractivity contribution in [1.29, 1.82) is 0 Å². The average molecular weight is 240 g/mol. The topological polar surface area (TPSA) is 43.4 Å². The van der Waals surface area contributed by atoms with Gasteiger partial charge in [-0.15, -0.1) is 6.58 Å². The van der Waals surface area contributed by atoms with Crippen LogP contribution < -0.4 is 0 Å². The minimum absolute atomic E-state index is 0. The molecule has 0 saturated heterocycles. The van der Waals surface area contributed by atoms with Gasteiger partial charge in [-0.3, -0.25) is 4.18 Å². The SMILES string of the molecule is C=CCOS(=O)(=O)c1ccccc1.[Ca+2].[H-].[H-]. The molecule has 0 fully saturated rings. The first-order valence-corrected chi connectivity index (χ1v) is 5.13. The summed E-state index contributed by atoms with van der Waals surface area (Å²) in [7, 11) is -3.59. The van der Waals surface area contributed by atoms with Crippen LogP contribution in [0.4, 0.5) is 0 Å². The molecule has 0 aliphatic heterocycles. The Balaban J connectivity index is -0.000000563. The summed E-state index contributed by atoms with van der Waals surface area (Å²) in [5.74, 6) is 0. The van der Waals surface area contributed by atoms with Gasteiger partial charge in [0.05, 0.1) is 11.5 Å². The van der Waals surface area contributed by atoms with E-state index in [0.717, 1.165) is 0 Å². The molecule has 3 nitrogen and oxygen atoms in total. The molecular weight excluding hydrogens is 228 g/mol. The van der Waals surface area contributed by atoms with Crippen LogP contribution in [0.1, 0.15) is 2.85 Å². The fourth-order valence-electron chi connectivity index (χ4n) is 0.793. The van der Waals surface area contributed by atoms with Gasteiger partial charge in [-0.2, -0.15) is 8.42 Å². The first-order valence-electron chi connectivity index (χ1n) is 3.72. The molecule has 0 aromatic heterocycles. The van der Waals surface area contributed by atoms with Crippen LogP contribution in [0.5, 0.6) is 0 Å². The molecule has 5 heteroatoms. The Bertz CT molecular complexity index is 381. The van der Waals surface area contributed by atoms with Crippen LogP contribution in [0, 0.1) is 0 Å². The first kappa shape index (κ1) is 14.1. The van der Waals surface area contributed by atoms with E-state index in [9.17, 15) is 8.42 Å². The maximum Gasteiger partial charge on any atom is 2.00 e. The molecule has 1 aromatic rings. The van der Waals surface area contributed by atoms with Crippen LogP contribution in [0.15, 0.2) is 47.9 Å². The molecule has 0 atom stereocenters. The first-order chi connectivity index (χ1) is 6.17. The quantitative estimate of drug-likeness (QED) is 0.454. The molecule has 0 aliphatic rings. The van der Waals surface area contributed by atoms with Crippen molar-refractivity contribution in [2.24, 2.45) is 0 Å². The molecule has 14 heavy (non-hydrogen) atoms. The molecular formula is C9H12CaO3S. The van der Waals surface area contributed by atoms with Crippen LogP contribution in [0.25, 0.3) is 0 Å². The van der Waals surface area contributed by atoms with Gasteiger partial charge in [0.1, 0.15) is 0 Å². The Hall–Kier alpha value is 0.130. The predicted molar refractivity (Wildman–Crippen MR) is 57.8 cm³/mol. The van der Waals surface area contributed by atoms with E-state index in [0.29, 0.717) is 0 Å². The Morgan fingerprint density at radius 2 is 1.93 bits per heavy atom. The zero-order valence-corrected chi connectivity index (χ0v) is 10.7. The van der Waals surface area contributed by atoms with Crippen molar-refractivity contribution >= 4 is 47.9 Å². The zero-order valence-electron chi connectivity index (χ0n) is 9.72. The van der Waals surface area contributed by atoms with Gasteiger partial charge >= 0.3 is 37.7 Å². The fourth-order valence-corrected chi connectivity index (χ4v) is 1.69. The van der Waals surface area contributed by atoms with E-state index < -0.39 is 10.1 Å².